The minimum atomic E-state index is -0.913. The number of carboxylic acid groups (broad SMARTS) is 1. The van der Waals surface area contributed by atoms with Crippen LogP contribution in [-0.4, -0.2) is 11.1 Å². The van der Waals surface area contributed by atoms with Crippen molar-refractivity contribution in [2.24, 2.45) is 0 Å². The summed E-state index contributed by atoms with van der Waals surface area (Å²) in [6.45, 7) is 4.91. The van der Waals surface area contributed by atoms with E-state index in [2.05, 4.69) is 47.2 Å². The van der Waals surface area contributed by atoms with Crippen LogP contribution in [0.5, 0.6) is 0 Å². The highest BCUT2D eigenvalue weighted by molar-refractivity contribution is 9.10. The number of aryl methyl sites for hydroxylation is 1. The Morgan fingerprint density at radius 1 is 1.29 bits per heavy atom. The van der Waals surface area contributed by atoms with Crippen LogP contribution < -0.4 is 5.32 Å². The van der Waals surface area contributed by atoms with Gasteiger partial charge in [-0.25, -0.2) is 4.79 Å². The number of benzene rings is 2. The fourth-order valence-corrected chi connectivity index (χ4v) is 2.79. The lowest BCUT2D eigenvalue weighted by Crippen LogP contribution is -2.19. The molecule has 21 heavy (non-hydrogen) atoms. The molecule has 110 valence electrons. The molecule has 0 fully saturated rings. The van der Waals surface area contributed by atoms with Crippen molar-refractivity contribution in [3.05, 3.63) is 69.2 Å². The minimum Gasteiger partial charge on any atom is -0.478 e. The van der Waals surface area contributed by atoms with E-state index in [9.17, 15) is 4.79 Å². The van der Waals surface area contributed by atoms with E-state index >= 15 is 0 Å². The molecular formula is C17H18BrNO2. The fourth-order valence-electron chi connectivity index (χ4n) is 2.27. The summed E-state index contributed by atoms with van der Waals surface area (Å²) in [7, 11) is 0. The summed E-state index contributed by atoms with van der Waals surface area (Å²) < 4.78 is 0.812. The topological polar surface area (TPSA) is 49.3 Å². The molecule has 0 radical (unpaired) electrons. The predicted molar refractivity (Wildman–Crippen MR) is 87.5 cm³/mol. The first-order valence-corrected chi connectivity index (χ1v) is 7.59. The van der Waals surface area contributed by atoms with E-state index in [0.717, 1.165) is 10.0 Å². The Morgan fingerprint density at radius 3 is 2.62 bits per heavy atom. The number of aromatic carboxylic acids is 1. The van der Waals surface area contributed by atoms with Gasteiger partial charge < -0.3 is 10.4 Å². The molecule has 2 aromatic rings. The molecule has 4 heteroatoms. The van der Waals surface area contributed by atoms with Crippen LogP contribution in [0.25, 0.3) is 0 Å². The second kappa shape index (κ2) is 6.87. The molecule has 2 N–H and O–H groups in total. The lowest BCUT2D eigenvalue weighted by Gasteiger charge is -2.17. The van der Waals surface area contributed by atoms with Gasteiger partial charge >= 0.3 is 5.97 Å². The molecule has 0 unspecified atom stereocenters. The molecule has 0 saturated heterocycles. The van der Waals surface area contributed by atoms with Gasteiger partial charge in [0.15, 0.2) is 0 Å². The standard InChI is InChI=1S/C17H18BrNO2/c1-11-5-3-4-6-15(11)12(2)19-10-14-8-7-13(17(20)21)9-16(14)18/h3-9,12,19H,10H2,1-2H3,(H,20,21)/t12-/m0/s1. The molecule has 0 aromatic heterocycles. The van der Waals surface area contributed by atoms with E-state index in [1.807, 2.05) is 18.2 Å². The van der Waals surface area contributed by atoms with Crippen LogP contribution in [0.1, 0.15) is 40.0 Å². The second-order valence-electron chi connectivity index (χ2n) is 5.07. The molecule has 0 amide bonds. The summed E-state index contributed by atoms with van der Waals surface area (Å²) in [6.07, 6.45) is 0. The van der Waals surface area contributed by atoms with Gasteiger partial charge in [-0.1, -0.05) is 46.3 Å². The van der Waals surface area contributed by atoms with Crippen LogP contribution in [0.2, 0.25) is 0 Å². The highest BCUT2D eigenvalue weighted by Crippen LogP contribution is 2.21. The molecule has 0 aliphatic heterocycles. The summed E-state index contributed by atoms with van der Waals surface area (Å²) >= 11 is 3.43. The number of carboxylic acids is 1. The van der Waals surface area contributed by atoms with Crippen LogP contribution >= 0.6 is 15.9 Å². The first-order chi connectivity index (χ1) is 9.99. The SMILES string of the molecule is Cc1ccccc1[C@H](C)NCc1ccc(C(=O)O)cc1Br. The van der Waals surface area contributed by atoms with Crippen molar-refractivity contribution in [1.29, 1.82) is 0 Å². The van der Waals surface area contributed by atoms with Gasteiger partial charge in [-0.2, -0.15) is 0 Å². The zero-order valence-electron chi connectivity index (χ0n) is 12.1. The van der Waals surface area contributed by atoms with Gasteiger partial charge in [0.2, 0.25) is 0 Å². The molecule has 2 aromatic carbocycles. The van der Waals surface area contributed by atoms with Crippen molar-refractivity contribution in [3.63, 3.8) is 0 Å². The van der Waals surface area contributed by atoms with Crippen molar-refractivity contribution >= 4 is 21.9 Å². The number of hydrogen-bond donors (Lipinski definition) is 2. The third-order valence-corrected chi connectivity index (χ3v) is 4.29. The number of carbonyl (C=O) groups is 1. The molecule has 3 nitrogen and oxygen atoms in total. The third-order valence-electron chi connectivity index (χ3n) is 3.55. The van der Waals surface area contributed by atoms with Crippen LogP contribution in [-0.2, 0) is 6.54 Å². The molecular weight excluding hydrogens is 330 g/mol. The minimum absolute atomic E-state index is 0.234. The summed E-state index contributed by atoms with van der Waals surface area (Å²) in [5.74, 6) is -0.913. The van der Waals surface area contributed by atoms with Crippen molar-refractivity contribution in [2.45, 2.75) is 26.4 Å². The Labute approximate surface area is 133 Å². The Balaban J connectivity index is 2.06. The highest BCUT2D eigenvalue weighted by Gasteiger charge is 2.10. The Bertz CT molecular complexity index is 655. The largest absolute Gasteiger partial charge is 0.478 e. The highest BCUT2D eigenvalue weighted by atomic mass is 79.9. The quantitative estimate of drug-likeness (QED) is 0.847. The molecule has 0 aliphatic carbocycles. The fraction of sp³-hybridized carbons (Fsp3) is 0.235. The van der Waals surface area contributed by atoms with E-state index in [1.165, 1.54) is 11.1 Å². The van der Waals surface area contributed by atoms with E-state index < -0.39 is 5.97 Å². The smallest absolute Gasteiger partial charge is 0.335 e. The van der Waals surface area contributed by atoms with E-state index in [4.69, 9.17) is 5.11 Å². The average molecular weight is 348 g/mol. The third kappa shape index (κ3) is 3.93. The Kier molecular flexibility index (Phi) is 5.15. The van der Waals surface area contributed by atoms with Crippen LogP contribution in [0.4, 0.5) is 0 Å². The van der Waals surface area contributed by atoms with Crippen LogP contribution in [0.15, 0.2) is 46.9 Å². The zero-order valence-corrected chi connectivity index (χ0v) is 13.6. The van der Waals surface area contributed by atoms with Crippen molar-refractivity contribution < 1.29 is 9.90 Å². The molecule has 1 atom stereocenters. The van der Waals surface area contributed by atoms with Gasteiger partial charge in [0.1, 0.15) is 0 Å². The summed E-state index contributed by atoms with van der Waals surface area (Å²) in [6, 6.07) is 13.6. The van der Waals surface area contributed by atoms with Crippen molar-refractivity contribution in [1.82, 2.24) is 5.32 Å². The number of rotatable bonds is 5. The van der Waals surface area contributed by atoms with Gasteiger partial charge in [0.25, 0.3) is 0 Å². The first kappa shape index (κ1) is 15.7. The molecule has 0 saturated carbocycles. The van der Waals surface area contributed by atoms with Gasteiger partial charge in [0, 0.05) is 17.1 Å². The number of nitrogens with one attached hydrogen (secondary N) is 1. The molecule has 2 rings (SSSR count). The lowest BCUT2D eigenvalue weighted by atomic mass is 10.0. The normalized spacial score (nSPS) is 12.1. The second-order valence-corrected chi connectivity index (χ2v) is 5.92. The van der Waals surface area contributed by atoms with E-state index in [-0.39, 0.29) is 11.6 Å². The summed E-state index contributed by atoms with van der Waals surface area (Å²) in [5.41, 5.74) is 3.87. The predicted octanol–water partition coefficient (Wildman–Crippen LogP) is 4.31. The van der Waals surface area contributed by atoms with Gasteiger partial charge in [-0.05, 0) is 42.7 Å². The van der Waals surface area contributed by atoms with Gasteiger partial charge in [-0.15, -0.1) is 0 Å². The van der Waals surface area contributed by atoms with Gasteiger partial charge in [0.05, 0.1) is 5.56 Å². The monoisotopic (exact) mass is 347 g/mol. The summed E-state index contributed by atoms with van der Waals surface area (Å²) in [4.78, 5) is 10.9. The lowest BCUT2D eigenvalue weighted by molar-refractivity contribution is 0.0697. The Hall–Kier alpha value is -1.65. The maximum Gasteiger partial charge on any atom is 0.335 e. The van der Waals surface area contributed by atoms with Crippen molar-refractivity contribution in [3.8, 4) is 0 Å². The first-order valence-electron chi connectivity index (χ1n) is 6.79. The molecule has 0 bridgehead atoms. The van der Waals surface area contributed by atoms with Gasteiger partial charge in [-0.3, -0.25) is 0 Å². The maximum absolute atomic E-state index is 10.9. The van der Waals surface area contributed by atoms with E-state index in [1.54, 1.807) is 12.1 Å². The average Bonchev–Trinajstić information content (AvgIpc) is 2.46. The van der Waals surface area contributed by atoms with E-state index in [0.29, 0.717) is 6.54 Å². The Morgan fingerprint density at radius 2 is 2.00 bits per heavy atom. The maximum atomic E-state index is 10.9. The summed E-state index contributed by atoms with van der Waals surface area (Å²) in [5, 5.41) is 12.4. The van der Waals surface area contributed by atoms with Crippen molar-refractivity contribution in [2.75, 3.05) is 0 Å². The van der Waals surface area contributed by atoms with Crippen LogP contribution in [0.3, 0.4) is 0 Å². The zero-order chi connectivity index (χ0) is 15.4. The molecule has 0 aliphatic rings. The molecule has 0 spiro atoms. The number of halogens is 1. The number of hydrogen-bond acceptors (Lipinski definition) is 2. The van der Waals surface area contributed by atoms with Crippen LogP contribution in [0, 0.1) is 6.92 Å². The molecule has 0 heterocycles.